The maximum atomic E-state index is 9.86. The number of nitriles is 1. The van der Waals surface area contributed by atoms with E-state index in [1.165, 1.54) is 33.0 Å². The predicted molar refractivity (Wildman–Crippen MR) is 218 cm³/mol. The topological polar surface area (TPSA) is 67.4 Å². The van der Waals surface area contributed by atoms with Gasteiger partial charge >= 0.3 is 0 Å². The van der Waals surface area contributed by atoms with E-state index in [1.54, 1.807) is 0 Å². The Hall–Kier alpha value is -7.16. The van der Waals surface area contributed by atoms with Gasteiger partial charge in [0.2, 0.25) is 0 Å². The number of hydrogen-bond donors (Lipinski definition) is 0. The van der Waals surface area contributed by atoms with E-state index in [0.29, 0.717) is 23.0 Å². The van der Waals surface area contributed by atoms with E-state index < -0.39 is 0 Å². The number of nitrogens with zero attached hydrogens (tertiary/aromatic N) is 5. The summed E-state index contributed by atoms with van der Waals surface area (Å²) in [6.07, 6.45) is 0. The highest BCUT2D eigenvalue weighted by atomic mass is 15.0. The number of aromatic nitrogens is 4. The fourth-order valence-corrected chi connectivity index (χ4v) is 8.18. The van der Waals surface area contributed by atoms with Crippen molar-refractivity contribution in [2.24, 2.45) is 0 Å². The molecule has 2 heterocycles. The minimum Gasteiger partial charge on any atom is -0.309 e. The number of hydrogen-bond acceptors (Lipinski definition) is 4. The summed E-state index contributed by atoms with van der Waals surface area (Å²) in [5.41, 5.74) is 13.5. The van der Waals surface area contributed by atoms with Crippen molar-refractivity contribution in [3.63, 3.8) is 0 Å². The van der Waals surface area contributed by atoms with Crippen LogP contribution in [0.1, 0.15) is 30.5 Å². The van der Waals surface area contributed by atoms with Gasteiger partial charge in [0.05, 0.1) is 22.7 Å². The van der Waals surface area contributed by atoms with Crippen molar-refractivity contribution < 1.29 is 0 Å². The van der Waals surface area contributed by atoms with Gasteiger partial charge in [0.25, 0.3) is 0 Å². The normalized spacial score (nSPS) is 12.8. The van der Waals surface area contributed by atoms with Crippen LogP contribution in [-0.2, 0) is 5.41 Å². The lowest BCUT2D eigenvalue weighted by molar-refractivity contribution is 0.661. The second-order valence-electron chi connectivity index (χ2n) is 14.4. The molecule has 0 amide bonds. The maximum absolute atomic E-state index is 9.86. The van der Waals surface area contributed by atoms with E-state index in [-0.39, 0.29) is 5.41 Å². The lowest BCUT2D eigenvalue weighted by Crippen LogP contribution is -2.15. The molecule has 0 saturated carbocycles. The molecule has 0 bridgehead atoms. The number of benzene rings is 7. The van der Waals surface area contributed by atoms with Gasteiger partial charge in [-0.2, -0.15) is 5.26 Å². The van der Waals surface area contributed by atoms with Crippen molar-refractivity contribution >= 4 is 21.8 Å². The minimum absolute atomic E-state index is 0.154. The summed E-state index contributed by atoms with van der Waals surface area (Å²) >= 11 is 0. The molecule has 2 aromatic heterocycles. The Balaban J connectivity index is 1.27. The largest absolute Gasteiger partial charge is 0.309 e. The average molecular weight is 692 g/mol. The summed E-state index contributed by atoms with van der Waals surface area (Å²) in [6.45, 7) is 4.65. The van der Waals surface area contributed by atoms with Crippen LogP contribution in [0.5, 0.6) is 0 Å². The zero-order valence-electron chi connectivity index (χ0n) is 29.8. The van der Waals surface area contributed by atoms with Crippen LogP contribution in [0.15, 0.2) is 164 Å². The van der Waals surface area contributed by atoms with E-state index in [9.17, 15) is 5.26 Å². The Morgan fingerprint density at radius 3 is 1.80 bits per heavy atom. The van der Waals surface area contributed by atoms with Gasteiger partial charge in [-0.1, -0.05) is 129 Å². The first-order valence-corrected chi connectivity index (χ1v) is 18.2. The van der Waals surface area contributed by atoms with Gasteiger partial charge in [-0.25, -0.2) is 15.0 Å². The summed E-state index contributed by atoms with van der Waals surface area (Å²) in [7, 11) is 0. The quantitative estimate of drug-likeness (QED) is 0.180. The molecule has 54 heavy (non-hydrogen) atoms. The third kappa shape index (κ3) is 5.03. The number of fused-ring (bicyclic) bond motifs is 6. The van der Waals surface area contributed by atoms with E-state index in [2.05, 4.69) is 109 Å². The molecule has 5 nitrogen and oxygen atoms in total. The summed E-state index contributed by atoms with van der Waals surface area (Å²) in [6, 6.07) is 59.0. The van der Waals surface area contributed by atoms with Crippen LogP contribution >= 0.6 is 0 Å². The fraction of sp³-hybridized carbons (Fsp3) is 0.0612. The van der Waals surface area contributed by atoms with Crippen LogP contribution in [0.3, 0.4) is 0 Å². The third-order valence-corrected chi connectivity index (χ3v) is 10.8. The highest BCUT2D eigenvalue weighted by Crippen LogP contribution is 2.51. The molecule has 7 aromatic carbocycles. The number of para-hydroxylation sites is 1. The van der Waals surface area contributed by atoms with Crippen molar-refractivity contribution in [2.75, 3.05) is 0 Å². The molecule has 5 heteroatoms. The average Bonchev–Trinajstić information content (AvgIpc) is 3.68. The molecule has 0 atom stereocenters. The lowest BCUT2D eigenvalue weighted by Gasteiger charge is -2.22. The molecule has 9 aromatic rings. The van der Waals surface area contributed by atoms with Crippen LogP contribution in [0.25, 0.3) is 83.9 Å². The molecule has 0 N–H and O–H groups in total. The molecule has 1 aliphatic carbocycles. The van der Waals surface area contributed by atoms with Gasteiger partial charge < -0.3 is 4.57 Å². The summed E-state index contributed by atoms with van der Waals surface area (Å²) in [5.74, 6) is 1.78. The maximum Gasteiger partial charge on any atom is 0.164 e. The first-order valence-electron chi connectivity index (χ1n) is 18.2. The van der Waals surface area contributed by atoms with Crippen LogP contribution in [0, 0.1) is 11.3 Å². The molecule has 0 unspecified atom stereocenters. The lowest BCUT2D eigenvalue weighted by atomic mass is 9.82. The molecule has 0 radical (unpaired) electrons. The smallest absolute Gasteiger partial charge is 0.164 e. The fourth-order valence-electron chi connectivity index (χ4n) is 8.18. The van der Waals surface area contributed by atoms with E-state index in [1.807, 2.05) is 78.9 Å². The van der Waals surface area contributed by atoms with E-state index in [4.69, 9.17) is 15.0 Å². The van der Waals surface area contributed by atoms with Gasteiger partial charge in [0.15, 0.2) is 17.5 Å². The van der Waals surface area contributed by atoms with Crippen molar-refractivity contribution in [1.29, 1.82) is 5.26 Å². The monoisotopic (exact) mass is 691 g/mol. The molecule has 0 saturated heterocycles. The van der Waals surface area contributed by atoms with Crippen LogP contribution in [0.4, 0.5) is 0 Å². The molecule has 0 fully saturated rings. The Morgan fingerprint density at radius 2 is 1.07 bits per heavy atom. The third-order valence-electron chi connectivity index (χ3n) is 10.8. The molecular formula is C49H33N5. The van der Waals surface area contributed by atoms with E-state index >= 15 is 0 Å². The van der Waals surface area contributed by atoms with Gasteiger partial charge in [-0.15, -0.1) is 0 Å². The van der Waals surface area contributed by atoms with Crippen LogP contribution < -0.4 is 0 Å². The minimum atomic E-state index is -0.154. The van der Waals surface area contributed by atoms with Crippen LogP contribution in [-0.4, -0.2) is 19.5 Å². The highest BCUT2D eigenvalue weighted by molar-refractivity contribution is 6.11. The van der Waals surface area contributed by atoms with Crippen molar-refractivity contribution in [3.05, 3.63) is 180 Å². The first-order chi connectivity index (χ1) is 26.5. The molecular weight excluding hydrogens is 659 g/mol. The molecule has 254 valence electrons. The predicted octanol–water partition coefficient (Wildman–Crippen LogP) is 11.8. The Labute approximate surface area is 313 Å². The van der Waals surface area contributed by atoms with Crippen LogP contribution in [0.2, 0.25) is 0 Å². The molecule has 0 spiro atoms. The zero-order chi connectivity index (χ0) is 36.4. The van der Waals surface area contributed by atoms with Gasteiger partial charge in [-0.05, 0) is 81.9 Å². The molecule has 0 aliphatic heterocycles. The standard InChI is InChI=1S/C49H33N5/c1-49(2)42-22-11-9-20-38(42)40-28-41-39-21-10-12-23-44(39)54(45(41)29-43(40)49)37-26-35(34-19-13-14-31(24-34)30-50)25-36(27-37)48-52-46(32-15-5-3-6-16-32)51-47(53-48)33-17-7-4-8-18-33/h3-29H,1-2H3. The van der Waals surface area contributed by atoms with Gasteiger partial charge in [0.1, 0.15) is 0 Å². The van der Waals surface area contributed by atoms with Crippen molar-refractivity contribution in [2.45, 2.75) is 19.3 Å². The number of rotatable bonds is 5. The Morgan fingerprint density at radius 1 is 0.463 bits per heavy atom. The Kier molecular flexibility index (Phi) is 7.14. The highest BCUT2D eigenvalue weighted by Gasteiger charge is 2.36. The molecule has 10 rings (SSSR count). The second-order valence-corrected chi connectivity index (χ2v) is 14.4. The van der Waals surface area contributed by atoms with Gasteiger partial charge in [-0.3, -0.25) is 0 Å². The van der Waals surface area contributed by atoms with E-state index in [0.717, 1.165) is 44.5 Å². The summed E-state index contributed by atoms with van der Waals surface area (Å²) in [4.78, 5) is 15.2. The second kappa shape index (κ2) is 12.2. The van der Waals surface area contributed by atoms with Crippen molar-refractivity contribution in [3.8, 4) is 68.2 Å². The van der Waals surface area contributed by atoms with Gasteiger partial charge in [0, 0.05) is 38.6 Å². The first kappa shape index (κ1) is 31.6. The zero-order valence-corrected chi connectivity index (χ0v) is 29.8. The SMILES string of the molecule is CC1(C)c2ccccc2-c2cc3c4ccccc4n(-c4cc(-c5cccc(C#N)c5)cc(-c5nc(-c6ccccc6)nc(-c6ccccc6)n5)c4)c3cc21. The summed E-state index contributed by atoms with van der Waals surface area (Å²) < 4.78 is 2.38. The van der Waals surface area contributed by atoms with Crippen molar-refractivity contribution in [1.82, 2.24) is 19.5 Å². The Bertz CT molecular complexity index is 2910. The summed E-state index contributed by atoms with van der Waals surface area (Å²) in [5, 5.41) is 12.3. The molecule has 1 aliphatic rings.